The molecule has 1 aliphatic heterocycles. The fourth-order valence-corrected chi connectivity index (χ4v) is 4.69. The van der Waals surface area contributed by atoms with Crippen molar-refractivity contribution in [3.05, 3.63) is 48.4 Å². The number of carbonyl (C=O) groups is 1. The number of quaternary nitrogens is 1. The van der Waals surface area contributed by atoms with Gasteiger partial charge in [-0.05, 0) is 43.3 Å². The molecule has 1 aromatic carbocycles. The summed E-state index contributed by atoms with van der Waals surface area (Å²) in [5, 5.41) is 2.91. The van der Waals surface area contributed by atoms with Crippen LogP contribution in [0.2, 0.25) is 0 Å². The molecule has 152 valence electrons. The van der Waals surface area contributed by atoms with Crippen molar-refractivity contribution in [1.29, 1.82) is 0 Å². The SMILES string of the molecule is COc1ccc(S(=O)(=O)N2CC[NH+](CC(=O)N[C@H](C)c3ccco3)CC2)cc1. The molecule has 0 saturated carbocycles. The summed E-state index contributed by atoms with van der Waals surface area (Å²) in [5.41, 5.74) is 0. The van der Waals surface area contributed by atoms with E-state index in [1.165, 1.54) is 11.4 Å². The zero-order chi connectivity index (χ0) is 20.1. The van der Waals surface area contributed by atoms with E-state index in [1.807, 2.05) is 13.0 Å². The Bertz CT molecular complexity index is 873. The van der Waals surface area contributed by atoms with E-state index < -0.39 is 10.0 Å². The standard InChI is InChI=1S/C19H25N3O5S/c1-15(18-4-3-13-27-18)20-19(23)14-21-9-11-22(12-10-21)28(24,25)17-7-5-16(26-2)6-8-17/h3-8,13,15H,9-12,14H2,1-2H3,(H,20,23)/p+1/t15-/m1/s1. The van der Waals surface area contributed by atoms with Gasteiger partial charge in [0.25, 0.3) is 5.91 Å². The van der Waals surface area contributed by atoms with Gasteiger partial charge in [0, 0.05) is 0 Å². The van der Waals surface area contributed by atoms with E-state index in [0.717, 1.165) is 4.90 Å². The minimum atomic E-state index is -3.54. The van der Waals surface area contributed by atoms with Gasteiger partial charge < -0.3 is 19.4 Å². The first-order chi connectivity index (χ1) is 13.4. The average molecular weight is 409 g/mol. The van der Waals surface area contributed by atoms with Crippen LogP contribution in [0.1, 0.15) is 18.7 Å². The smallest absolute Gasteiger partial charge is 0.275 e. The topological polar surface area (TPSA) is 93.3 Å². The maximum Gasteiger partial charge on any atom is 0.275 e. The quantitative estimate of drug-likeness (QED) is 0.676. The van der Waals surface area contributed by atoms with Crippen LogP contribution in [0.5, 0.6) is 5.75 Å². The van der Waals surface area contributed by atoms with Gasteiger partial charge in [0.1, 0.15) is 11.5 Å². The highest BCUT2D eigenvalue weighted by Gasteiger charge is 2.31. The van der Waals surface area contributed by atoms with Crippen LogP contribution in [0.25, 0.3) is 0 Å². The fraction of sp³-hybridized carbons (Fsp3) is 0.421. The lowest BCUT2D eigenvalue weighted by Crippen LogP contribution is -3.15. The van der Waals surface area contributed by atoms with Gasteiger partial charge in [-0.3, -0.25) is 4.79 Å². The summed E-state index contributed by atoms with van der Waals surface area (Å²) in [5.74, 6) is 1.24. The first kappa shape index (κ1) is 20.4. The molecule has 2 heterocycles. The van der Waals surface area contributed by atoms with Crippen LogP contribution in [0, 0.1) is 0 Å². The Kier molecular flexibility index (Phi) is 6.38. The Morgan fingerprint density at radius 2 is 1.93 bits per heavy atom. The predicted octanol–water partition coefficient (Wildman–Crippen LogP) is 0.0548. The molecule has 1 aliphatic rings. The number of furan rings is 1. The van der Waals surface area contributed by atoms with Crippen LogP contribution < -0.4 is 15.0 Å². The van der Waals surface area contributed by atoms with Gasteiger partial charge in [0.15, 0.2) is 6.54 Å². The molecule has 0 unspecified atom stereocenters. The molecule has 0 spiro atoms. The lowest BCUT2D eigenvalue weighted by molar-refractivity contribution is -0.895. The molecule has 0 bridgehead atoms. The lowest BCUT2D eigenvalue weighted by Gasteiger charge is -2.31. The summed E-state index contributed by atoms with van der Waals surface area (Å²) in [4.78, 5) is 13.6. The first-order valence-corrected chi connectivity index (χ1v) is 10.6. The zero-order valence-electron chi connectivity index (χ0n) is 16.1. The highest BCUT2D eigenvalue weighted by atomic mass is 32.2. The molecule has 1 aromatic heterocycles. The third-order valence-electron chi connectivity index (χ3n) is 4.88. The third-order valence-corrected chi connectivity index (χ3v) is 6.80. The third kappa shape index (κ3) is 4.73. The zero-order valence-corrected chi connectivity index (χ0v) is 16.9. The fourth-order valence-electron chi connectivity index (χ4n) is 3.24. The Morgan fingerprint density at radius 1 is 1.25 bits per heavy atom. The van der Waals surface area contributed by atoms with Crippen LogP contribution in [-0.2, 0) is 14.8 Å². The second kappa shape index (κ2) is 8.76. The highest BCUT2D eigenvalue weighted by molar-refractivity contribution is 7.89. The van der Waals surface area contributed by atoms with Gasteiger partial charge in [0.2, 0.25) is 10.0 Å². The van der Waals surface area contributed by atoms with Gasteiger partial charge in [-0.2, -0.15) is 4.31 Å². The summed E-state index contributed by atoms with van der Waals surface area (Å²) in [6.07, 6.45) is 1.58. The van der Waals surface area contributed by atoms with Crippen LogP contribution in [-0.4, -0.2) is 58.5 Å². The largest absolute Gasteiger partial charge is 0.497 e. The Morgan fingerprint density at radius 3 is 2.50 bits per heavy atom. The summed E-state index contributed by atoms with van der Waals surface area (Å²) in [7, 11) is -2.00. The van der Waals surface area contributed by atoms with Crippen molar-refractivity contribution in [1.82, 2.24) is 9.62 Å². The van der Waals surface area contributed by atoms with E-state index in [-0.39, 0.29) is 16.8 Å². The first-order valence-electron chi connectivity index (χ1n) is 9.20. The molecule has 28 heavy (non-hydrogen) atoms. The molecule has 2 aromatic rings. The number of carbonyl (C=O) groups excluding carboxylic acids is 1. The Hall–Kier alpha value is -2.36. The normalized spacial score (nSPS) is 17.2. The number of hydrogen-bond acceptors (Lipinski definition) is 5. The average Bonchev–Trinajstić information content (AvgIpc) is 3.23. The molecular formula is C19H26N3O5S+. The Labute approximate surface area is 165 Å². The van der Waals surface area contributed by atoms with E-state index in [4.69, 9.17) is 9.15 Å². The molecule has 3 rings (SSSR count). The molecule has 1 fully saturated rings. The maximum absolute atomic E-state index is 12.8. The van der Waals surface area contributed by atoms with Gasteiger partial charge in [0.05, 0.1) is 50.5 Å². The number of rotatable bonds is 7. The van der Waals surface area contributed by atoms with E-state index >= 15 is 0 Å². The van der Waals surface area contributed by atoms with E-state index in [1.54, 1.807) is 36.6 Å². The van der Waals surface area contributed by atoms with Crippen molar-refractivity contribution in [2.24, 2.45) is 0 Å². The van der Waals surface area contributed by atoms with Gasteiger partial charge in [-0.1, -0.05) is 0 Å². The molecule has 1 amide bonds. The summed E-state index contributed by atoms with van der Waals surface area (Å²) >= 11 is 0. The van der Waals surface area contributed by atoms with Gasteiger partial charge in [-0.25, -0.2) is 8.42 Å². The summed E-state index contributed by atoms with van der Waals surface area (Å²) in [6.45, 7) is 4.10. The van der Waals surface area contributed by atoms with Gasteiger partial charge >= 0.3 is 0 Å². The van der Waals surface area contributed by atoms with Crippen LogP contribution in [0.15, 0.2) is 52.0 Å². The van der Waals surface area contributed by atoms with Crippen LogP contribution in [0.4, 0.5) is 0 Å². The highest BCUT2D eigenvalue weighted by Crippen LogP contribution is 2.19. The number of ether oxygens (including phenoxy) is 1. The molecule has 1 atom stereocenters. The number of benzene rings is 1. The maximum atomic E-state index is 12.8. The molecular weight excluding hydrogens is 382 g/mol. The second-order valence-electron chi connectivity index (χ2n) is 6.81. The van der Waals surface area contributed by atoms with Crippen LogP contribution >= 0.6 is 0 Å². The van der Waals surface area contributed by atoms with E-state index in [2.05, 4.69) is 5.32 Å². The number of nitrogens with zero attached hydrogens (tertiary/aromatic N) is 1. The van der Waals surface area contributed by atoms with Crippen molar-refractivity contribution >= 4 is 15.9 Å². The molecule has 9 heteroatoms. The second-order valence-corrected chi connectivity index (χ2v) is 8.75. The minimum absolute atomic E-state index is 0.0784. The minimum Gasteiger partial charge on any atom is -0.497 e. The van der Waals surface area contributed by atoms with Gasteiger partial charge in [-0.15, -0.1) is 0 Å². The van der Waals surface area contributed by atoms with E-state index in [0.29, 0.717) is 44.2 Å². The van der Waals surface area contributed by atoms with Crippen molar-refractivity contribution in [2.45, 2.75) is 17.9 Å². The van der Waals surface area contributed by atoms with Crippen molar-refractivity contribution in [2.75, 3.05) is 39.8 Å². The monoisotopic (exact) mass is 408 g/mol. The summed E-state index contributed by atoms with van der Waals surface area (Å²) < 4.78 is 37.4. The molecule has 1 saturated heterocycles. The number of methoxy groups -OCH3 is 1. The number of sulfonamides is 1. The molecule has 2 N–H and O–H groups in total. The number of hydrogen-bond donors (Lipinski definition) is 2. The number of amides is 1. The van der Waals surface area contributed by atoms with E-state index in [9.17, 15) is 13.2 Å². The molecule has 0 radical (unpaired) electrons. The van der Waals surface area contributed by atoms with Crippen molar-refractivity contribution in [3.63, 3.8) is 0 Å². The summed E-state index contributed by atoms with van der Waals surface area (Å²) in [6, 6.07) is 9.79. The van der Waals surface area contributed by atoms with Crippen molar-refractivity contribution < 1.29 is 27.3 Å². The molecule has 0 aliphatic carbocycles. The van der Waals surface area contributed by atoms with Crippen molar-refractivity contribution in [3.8, 4) is 5.75 Å². The number of nitrogens with one attached hydrogen (secondary N) is 2. The van der Waals surface area contributed by atoms with Crippen LogP contribution in [0.3, 0.4) is 0 Å². The predicted molar refractivity (Wildman–Crippen MR) is 103 cm³/mol. The molecule has 8 nitrogen and oxygen atoms in total. The lowest BCUT2D eigenvalue weighted by atomic mass is 10.2. The number of piperazine rings is 1. The Balaban J connectivity index is 1.51.